The van der Waals surface area contributed by atoms with Crippen LogP contribution in [-0.2, 0) is 6.42 Å². The van der Waals surface area contributed by atoms with Crippen molar-refractivity contribution >= 4 is 18.1 Å². The van der Waals surface area contributed by atoms with Gasteiger partial charge in [0.1, 0.15) is 5.75 Å². The van der Waals surface area contributed by atoms with E-state index < -0.39 is 5.97 Å². The highest BCUT2D eigenvalue weighted by Crippen LogP contribution is 2.26. The Morgan fingerprint density at radius 3 is 2.65 bits per heavy atom. The SMILES string of the molecule is O=C(Oc1cccc2c1CC=NC2=O)c1ccccc1. The predicted octanol–water partition coefficient (Wildman–Crippen LogP) is 2.67. The highest BCUT2D eigenvalue weighted by atomic mass is 16.5. The van der Waals surface area contributed by atoms with Crippen LogP contribution in [0.3, 0.4) is 0 Å². The molecule has 0 spiro atoms. The van der Waals surface area contributed by atoms with Crippen molar-refractivity contribution < 1.29 is 14.3 Å². The fourth-order valence-corrected chi connectivity index (χ4v) is 2.09. The number of rotatable bonds is 2. The third-order valence-corrected chi connectivity index (χ3v) is 3.08. The van der Waals surface area contributed by atoms with Crippen LogP contribution < -0.4 is 4.74 Å². The van der Waals surface area contributed by atoms with Crippen LogP contribution in [0, 0.1) is 0 Å². The Hall–Kier alpha value is -2.75. The predicted molar refractivity (Wildman–Crippen MR) is 74.4 cm³/mol. The summed E-state index contributed by atoms with van der Waals surface area (Å²) in [4.78, 5) is 27.4. The van der Waals surface area contributed by atoms with Crippen LogP contribution in [0.2, 0.25) is 0 Å². The van der Waals surface area contributed by atoms with Gasteiger partial charge in [0.2, 0.25) is 0 Å². The summed E-state index contributed by atoms with van der Waals surface area (Å²) in [5.74, 6) is -0.325. The van der Waals surface area contributed by atoms with Gasteiger partial charge in [-0.15, -0.1) is 0 Å². The number of esters is 1. The summed E-state index contributed by atoms with van der Waals surface area (Å²) in [6.45, 7) is 0. The second-order valence-electron chi connectivity index (χ2n) is 4.36. The van der Waals surface area contributed by atoms with Crippen LogP contribution in [-0.4, -0.2) is 18.1 Å². The summed E-state index contributed by atoms with van der Waals surface area (Å²) in [5, 5.41) is 0. The molecule has 0 atom stereocenters. The Balaban J connectivity index is 1.92. The number of hydrogen-bond donors (Lipinski definition) is 0. The van der Waals surface area contributed by atoms with E-state index in [1.165, 1.54) is 6.21 Å². The molecule has 0 fully saturated rings. The molecule has 0 aliphatic carbocycles. The Labute approximate surface area is 115 Å². The van der Waals surface area contributed by atoms with Crippen LogP contribution in [0.1, 0.15) is 26.3 Å². The third-order valence-electron chi connectivity index (χ3n) is 3.08. The first-order valence-corrected chi connectivity index (χ1v) is 6.21. The molecule has 1 amide bonds. The minimum absolute atomic E-state index is 0.302. The molecule has 3 rings (SSSR count). The van der Waals surface area contributed by atoms with Crippen LogP contribution >= 0.6 is 0 Å². The topological polar surface area (TPSA) is 55.7 Å². The van der Waals surface area contributed by atoms with Crippen LogP contribution in [0.4, 0.5) is 0 Å². The molecule has 98 valence electrons. The lowest BCUT2D eigenvalue weighted by molar-refractivity contribution is 0.0732. The average molecular weight is 265 g/mol. The third kappa shape index (κ3) is 2.23. The smallest absolute Gasteiger partial charge is 0.343 e. The van der Waals surface area contributed by atoms with Crippen LogP contribution in [0.25, 0.3) is 0 Å². The number of aliphatic imine (C=N–C) groups is 1. The van der Waals surface area contributed by atoms with E-state index in [1.54, 1.807) is 42.5 Å². The van der Waals surface area contributed by atoms with Gasteiger partial charge in [-0.1, -0.05) is 24.3 Å². The zero-order valence-electron chi connectivity index (χ0n) is 10.6. The van der Waals surface area contributed by atoms with Crippen LogP contribution in [0.15, 0.2) is 53.5 Å². The molecular formula is C16H11NO3. The van der Waals surface area contributed by atoms with Crippen molar-refractivity contribution in [3.05, 3.63) is 65.2 Å². The fourth-order valence-electron chi connectivity index (χ4n) is 2.09. The molecule has 20 heavy (non-hydrogen) atoms. The molecule has 2 aromatic carbocycles. The van der Waals surface area contributed by atoms with Gasteiger partial charge >= 0.3 is 5.97 Å². The highest BCUT2D eigenvalue weighted by Gasteiger charge is 2.19. The van der Waals surface area contributed by atoms with Gasteiger partial charge < -0.3 is 4.74 Å². The molecular weight excluding hydrogens is 254 g/mol. The molecule has 1 heterocycles. The monoisotopic (exact) mass is 265 g/mol. The van der Waals surface area contributed by atoms with Gasteiger partial charge in [0.05, 0.1) is 5.56 Å². The Bertz CT molecular complexity index is 705. The van der Waals surface area contributed by atoms with Crippen molar-refractivity contribution in [3.63, 3.8) is 0 Å². The molecule has 0 bridgehead atoms. The van der Waals surface area contributed by atoms with Gasteiger partial charge in [-0.2, -0.15) is 0 Å². The lowest BCUT2D eigenvalue weighted by Gasteiger charge is -2.14. The van der Waals surface area contributed by atoms with Crippen molar-refractivity contribution in [1.82, 2.24) is 0 Å². The number of amides is 1. The fraction of sp³-hybridized carbons (Fsp3) is 0.0625. The van der Waals surface area contributed by atoms with Gasteiger partial charge in [-0.3, -0.25) is 4.79 Å². The minimum Gasteiger partial charge on any atom is -0.423 e. The minimum atomic E-state index is -0.436. The maximum absolute atomic E-state index is 12.0. The molecule has 0 aromatic heterocycles. The van der Waals surface area contributed by atoms with Gasteiger partial charge in [0.25, 0.3) is 5.91 Å². The summed E-state index contributed by atoms with van der Waals surface area (Å²) >= 11 is 0. The number of fused-ring (bicyclic) bond motifs is 1. The molecule has 4 nitrogen and oxygen atoms in total. The van der Waals surface area contributed by atoms with Gasteiger partial charge in [0.15, 0.2) is 0 Å². The quantitative estimate of drug-likeness (QED) is 0.619. The van der Waals surface area contributed by atoms with E-state index in [4.69, 9.17) is 4.74 Å². The Morgan fingerprint density at radius 1 is 1.05 bits per heavy atom. The molecule has 1 aliphatic rings. The molecule has 0 saturated carbocycles. The second-order valence-corrected chi connectivity index (χ2v) is 4.36. The van der Waals surface area contributed by atoms with E-state index in [0.717, 1.165) is 0 Å². The Kier molecular flexibility index (Phi) is 3.13. The molecule has 0 radical (unpaired) electrons. The number of carbonyl (C=O) groups is 2. The van der Waals surface area contributed by atoms with E-state index in [1.807, 2.05) is 6.07 Å². The first-order chi connectivity index (χ1) is 9.75. The second kappa shape index (κ2) is 5.09. The number of ether oxygens (including phenoxy) is 1. The summed E-state index contributed by atoms with van der Waals surface area (Å²) in [7, 11) is 0. The number of carbonyl (C=O) groups excluding carboxylic acids is 2. The number of nitrogens with zero attached hydrogens (tertiary/aromatic N) is 1. The lowest BCUT2D eigenvalue weighted by Crippen LogP contribution is -2.14. The lowest BCUT2D eigenvalue weighted by atomic mass is 10.0. The summed E-state index contributed by atoms with van der Waals surface area (Å²) < 4.78 is 5.39. The molecule has 0 unspecified atom stereocenters. The van der Waals surface area contributed by atoms with Crippen molar-refractivity contribution in [3.8, 4) is 5.75 Å². The van der Waals surface area contributed by atoms with E-state index in [-0.39, 0.29) is 5.91 Å². The zero-order valence-corrected chi connectivity index (χ0v) is 10.6. The maximum atomic E-state index is 12.0. The van der Waals surface area contributed by atoms with Gasteiger partial charge in [0, 0.05) is 23.8 Å². The summed E-state index contributed by atoms with van der Waals surface area (Å²) in [6, 6.07) is 13.8. The van der Waals surface area contributed by atoms with Gasteiger partial charge in [-0.25, -0.2) is 9.79 Å². The summed E-state index contributed by atoms with van der Waals surface area (Å²) in [5.41, 5.74) is 1.67. The largest absolute Gasteiger partial charge is 0.423 e. The normalized spacial score (nSPS) is 12.9. The first-order valence-electron chi connectivity index (χ1n) is 6.21. The van der Waals surface area contributed by atoms with Gasteiger partial charge in [-0.05, 0) is 24.3 Å². The molecule has 2 aromatic rings. The molecule has 0 N–H and O–H groups in total. The van der Waals surface area contributed by atoms with E-state index in [0.29, 0.717) is 28.9 Å². The van der Waals surface area contributed by atoms with E-state index in [2.05, 4.69) is 4.99 Å². The first kappa shape index (κ1) is 12.3. The van der Waals surface area contributed by atoms with Crippen LogP contribution in [0.5, 0.6) is 5.75 Å². The highest BCUT2D eigenvalue weighted by molar-refractivity contribution is 6.04. The Morgan fingerprint density at radius 2 is 1.85 bits per heavy atom. The van der Waals surface area contributed by atoms with Crippen molar-refractivity contribution in [2.45, 2.75) is 6.42 Å². The standard InChI is InChI=1S/C16H11NO3/c18-15-13-7-4-8-14(12(13)9-10-17-15)20-16(19)11-5-2-1-3-6-11/h1-8,10H,9H2. The van der Waals surface area contributed by atoms with Crippen molar-refractivity contribution in [2.75, 3.05) is 0 Å². The maximum Gasteiger partial charge on any atom is 0.343 e. The summed E-state index contributed by atoms with van der Waals surface area (Å²) in [6.07, 6.45) is 2.02. The zero-order chi connectivity index (χ0) is 13.9. The van der Waals surface area contributed by atoms with E-state index in [9.17, 15) is 9.59 Å². The van der Waals surface area contributed by atoms with Crippen molar-refractivity contribution in [2.24, 2.45) is 4.99 Å². The van der Waals surface area contributed by atoms with E-state index >= 15 is 0 Å². The molecule has 1 aliphatic heterocycles. The number of hydrogen-bond acceptors (Lipinski definition) is 3. The van der Waals surface area contributed by atoms with Crippen molar-refractivity contribution in [1.29, 1.82) is 0 Å². The molecule has 0 saturated heterocycles. The average Bonchev–Trinajstić information content (AvgIpc) is 2.49. The number of benzene rings is 2. The molecule has 4 heteroatoms.